The van der Waals surface area contributed by atoms with Crippen LogP contribution in [0.4, 0.5) is 0 Å². The number of hydrogen-bond acceptors (Lipinski definition) is 3. The number of nitrogens with one attached hydrogen (secondary N) is 1. The minimum Gasteiger partial charge on any atom is -0.360 e. The highest BCUT2D eigenvalue weighted by Crippen LogP contribution is 2.13. The van der Waals surface area contributed by atoms with Gasteiger partial charge in [-0.3, -0.25) is 4.79 Å². The first-order chi connectivity index (χ1) is 7.66. The second-order valence-corrected chi connectivity index (χ2v) is 4.23. The van der Waals surface area contributed by atoms with Crippen molar-refractivity contribution in [3.05, 3.63) is 40.5 Å². The van der Waals surface area contributed by atoms with E-state index >= 15 is 0 Å². The second-order valence-electron chi connectivity index (χ2n) is 3.32. The van der Waals surface area contributed by atoms with Crippen molar-refractivity contribution in [1.29, 1.82) is 0 Å². The minimum atomic E-state index is -0.149. The summed E-state index contributed by atoms with van der Waals surface area (Å²) in [6.07, 6.45) is 3.37. The second kappa shape index (κ2) is 4.52. The van der Waals surface area contributed by atoms with Crippen molar-refractivity contribution in [3.63, 3.8) is 0 Å². The number of amides is 1. The highest BCUT2D eigenvalue weighted by molar-refractivity contribution is 9.10. The summed E-state index contributed by atoms with van der Waals surface area (Å²) >= 11 is 3.31. The van der Waals surface area contributed by atoms with E-state index in [4.69, 9.17) is 4.52 Å². The molecule has 16 heavy (non-hydrogen) atoms. The van der Waals surface area contributed by atoms with Gasteiger partial charge >= 0.3 is 0 Å². The Balaban J connectivity index is 2.01. The van der Waals surface area contributed by atoms with Crippen LogP contribution in [-0.4, -0.2) is 15.6 Å². The normalized spacial score (nSPS) is 10.4. The molecule has 0 aromatic carbocycles. The summed E-state index contributed by atoms with van der Waals surface area (Å²) in [5, 5.41) is 6.30. The van der Waals surface area contributed by atoms with Gasteiger partial charge in [0.2, 0.25) is 0 Å². The molecule has 0 aliphatic carbocycles. The van der Waals surface area contributed by atoms with E-state index in [9.17, 15) is 4.79 Å². The fourth-order valence-corrected chi connectivity index (χ4v) is 1.87. The van der Waals surface area contributed by atoms with E-state index in [1.807, 2.05) is 13.2 Å². The molecule has 0 spiro atoms. The molecule has 2 aromatic rings. The zero-order chi connectivity index (χ0) is 11.5. The van der Waals surface area contributed by atoms with Crippen molar-refractivity contribution in [3.8, 4) is 0 Å². The molecule has 5 nitrogen and oxygen atoms in total. The van der Waals surface area contributed by atoms with E-state index in [0.717, 1.165) is 4.47 Å². The maximum atomic E-state index is 11.8. The van der Waals surface area contributed by atoms with Crippen molar-refractivity contribution >= 4 is 21.8 Å². The highest BCUT2D eigenvalue weighted by Gasteiger charge is 2.11. The number of halogens is 1. The summed E-state index contributed by atoms with van der Waals surface area (Å²) in [5.74, 6) is 0.478. The zero-order valence-corrected chi connectivity index (χ0v) is 10.2. The molecule has 0 atom stereocenters. The number of aryl methyl sites for hydroxylation is 1. The lowest BCUT2D eigenvalue weighted by molar-refractivity contribution is 0.0939. The molecule has 0 saturated heterocycles. The van der Waals surface area contributed by atoms with Crippen molar-refractivity contribution in [2.45, 2.75) is 6.54 Å². The zero-order valence-electron chi connectivity index (χ0n) is 8.61. The Morgan fingerprint density at radius 2 is 2.50 bits per heavy atom. The summed E-state index contributed by atoms with van der Waals surface area (Å²) in [6.45, 7) is 0.335. The number of nitrogens with zero attached hydrogens (tertiary/aromatic N) is 2. The number of aromatic nitrogens is 2. The number of carbonyl (C=O) groups excluding carboxylic acids is 1. The fourth-order valence-electron chi connectivity index (χ4n) is 1.34. The molecule has 0 radical (unpaired) electrons. The molecule has 1 amide bonds. The monoisotopic (exact) mass is 283 g/mol. The average Bonchev–Trinajstić information content (AvgIpc) is 2.84. The van der Waals surface area contributed by atoms with Crippen LogP contribution in [0.15, 0.2) is 33.5 Å². The Bertz CT molecular complexity index is 490. The van der Waals surface area contributed by atoms with Gasteiger partial charge in [0.25, 0.3) is 5.91 Å². The molecule has 0 saturated carbocycles. The van der Waals surface area contributed by atoms with Gasteiger partial charge in [0.1, 0.15) is 5.69 Å². The van der Waals surface area contributed by atoms with Crippen molar-refractivity contribution in [2.24, 2.45) is 7.05 Å². The van der Waals surface area contributed by atoms with Gasteiger partial charge < -0.3 is 14.4 Å². The van der Waals surface area contributed by atoms with E-state index in [1.165, 1.54) is 0 Å². The largest absolute Gasteiger partial charge is 0.360 e. The molecule has 1 N–H and O–H groups in total. The molecule has 0 fully saturated rings. The molecule has 0 aliphatic heterocycles. The van der Waals surface area contributed by atoms with Crippen molar-refractivity contribution < 1.29 is 9.32 Å². The summed E-state index contributed by atoms with van der Waals surface area (Å²) in [7, 11) is 1.81. The molecule has 0 bridgehead atoms. The number of carbonyl (C=O) groups is 1. The number of rotatable bonds is 3. The Morgan fingerprint density at radius 3 is 3.06 bits per heavy atom. The van der Waals surface area contributed by atoms with E-state index in [0.29, 0.717) is 18.0 Å². The molecule has 0 unspecified atom stereocenters. The summed E-state index contributed by atoms with van der Waals surface area (Å²) < 4.78 is 7.50. The minimum absolute atomic E-state index is 0.149. The maximum absolute atomic E-state index is 11.8. The van der Waals surface area contributed by atoms with Crippen LogP contribution in [0.5, 0.6) is 0 Å². The molecular weight excluding hydrogens is 274 g/mol. The molecular formula is C10H10BrN3O2. The summed E-state index contributed by atoms with van der Waals surface area (Å²) in [4.78, 5) is 11.8. The molecule has 0 aliphatic rings. The van der Waals surface area contributed by atoms with Gasteiger partial charge in [0, 0.05) is 23.8 Å². The van der Waals surface area contributed by atoms with Crippen LogP contribution in [0.1, 0.15) is 16.2 Å². The van der Waals surface area contributed by atoms with Crippen LogP contribution in [0.25, 0.3) is 0 Å². The predicted octanol–water partition coefficient (Wildman–Crippen LogP) is 1.71. The average molecular weight is 284 g/mol. The first-order valence-corrected chi connectivity index (χ1v) is 5.46. The molecule has 2 heterocycles. The van der Waals surface area contributed by atoms with Crippen molar-refractivity contribution in [1.82, 2.24) is 15.0 Å². The molecule has 84 valence electrons. The van der Waals surface area contributed by atoms with E-state index < -0.39 is 0 Å². The van der Waals surface area contributed by atoms with Gasteiger partial charge in [-0.1, -0.05) is 5.16 Å². The SMILES string of the molecule is Cn1cc(Br)cc1C(=O)NCc1ccno1. The Hall–Kier alpha value is -1.56. The Morgan fingerprint density at radius 1 is 1.69 bits per heavy atom. The van der Waals surface area contributed by atoms with Gasteiger partial charge in [0.05, 0.1) is 12.7 Å². The lowest BCUT2D eigenvalue weighted by Gasteiger charge is -2.03. The lowest BCUT2D eigenvalue weighted by Crippen LogP contribution is -2.24. The van der Waals surface area contributed by atoms with Crippen LogP contribution in [0.2, 0.25) is 0 Å². The van der Waals surface area contributed by atoms with E-state index in [1.54, 1.807) is 22.9 Å². The van der Waals surface area contributed by atoms with Gasteiger partial charge in [-0.05, 0) is 22.0 Å². The fraction of sp³-hybridized carbons (Fsp3) is 0.200. The standard InChI is InChI=1S/C10H10BrN3O2/c1-14-6-7(11)4-9(14)10(15)12-5-8-2-3-13-16-8/h2-4,6H,5H2,1H3,(H,12,15). The number of hydrogen-bond donors (Lipinski definition) is 1. The maximum Gasteiger partial charge on any atom is 0.268 e. The van der Waals surface area contributed by atoms with Crippen LogP contribution in [0.3, 0.4) is 0 Å². The predicted molar refractivity (Wildman–Crippen MR) is 60.8 cm³/mol. The topological polar surface area (TPSA) is 60.1 Å². The summed E-state index contributed by atoms with van der Waals surface area (Å²) in [5.41, 5.74) is 0.589. The smallest absolute Gasteiger partial charge is 0.268 e. The van der Waals surface area contributed by atoms with Crippen LogP contribution in [0, 0.1) is 0 Å². The molecule has 6 heteroatoms. The third-order valence-electron chi connectivity index (χ3n) is 2.12. The molecule has 2 rings (SSSR count). The summed E-state index contributed by atoms with van der Waals surface area (Å²) in [6, 6.07) is 3.47. The quantitative estimate of drug-likeness (QED) is 0.933. The third-order valence-corrected chi connectivity index (χ3v) is 2.55. The first kappa shape index (κ1) is 10.9. The first-order valence-electron chi connectivity index (χ1n) is 4.66. The highest BCUT2D eigenvalue weighted by atomic mass is 79.9. The van der Waals surface area contributed by atoms with Gasteiger partial charge in [-0.2, -0.15) is 0 Å². The van der Waals surface area contributed by atoms with E-state index in [-0.39, 0.29) is 5.91 Å². The Labute approximate surface area is 101 Å². The van der Waals surface area contributed by atoms with Crippen LogP contribution >= 0.6 is 15.9 Å². The van der Waals surface area contributed by atoms with Gasteiger partial charge in [-0.25, -0.2) is 0 Å². The third kappa shape index (κ3) is 2.33. The lowest BCUT2D eigenvalue weighted by atomic mass is 10.4. The van der Waals surface area contributed by atoms with Crippen LogP contribution < -0.4 is 5.32 Å². The molecule has 2 aromatic heterocycles. The Kier molecular flexibility index (Phi) is 3.09. The van der Waals surface area contributed by atoms with Crippen LogP contribution in [-0.2, 0) is 13.6 Å². The van der Waals surface area contributed by atoms with E-state index in [2.05, 4.69) is 26.4 Å². The van der Waals surface area contributed by atoms with Gasteiger partial charge in [-0.15, -0.1) is 0 Å². The van der Waals surface area contributed by atoms with Crippen molar-refractivity contribution in [2.75, 3.05) is 0 Å². The van der Waals surface area contributed by atoms with Gasteiger partial charge in [0.15, 0.2) is 5.76 Å².